The van der Waals surface area contributed by atoms with Gasteiger partial charge >= 0.3 is 6.18 Å². The maximum Gasteiger partial charge on any atom is 0.416 e. The van der Waals surface area contributed by atoms with E-state index in [1.54, 1.807) is 0 Å². The Kier molecular flexibility index (Phi) is 4.18. The fourth-order valence-corrected chi connectivity index (χ4v) is 2.20. The third-order valence-corrected chi connectivity index (χ3v) is 3.59. The Hall–Kier alpha value is -1.67. The highest BCUT2D eigenvalue weighted by Crippen LogP contribution is 2.38. The highest BCUT2D eigenvalue weighted by atomic mass is 35.5. The van der Waals surface area contributed by atoms with Gasteiger partial charge in [0.2, 0.25) is 0 Å². The zero-order valence-electron chi connectivity index (χ0n) is 11.2. The summed E-state index contributed by atoms with van der Waals surface area (Å²) in [7, 11) is 0. The molecule has 1 aliphatic carbocycles. The summed E-state index contributed by atoms with van der Waals surface area (Å²) in [6.07, 6.45) is -2.35. The highest BCUT2D eigenvalue weighted by Gasteiger charge is 2.39. The molecule has 2 N–H and O–H groups in total. The van der Waals surface area contributed by atoms with Gasteiger partial charge in [-0.15, -0.1) is 12.4 Å². The van der Waals surface area contributed by atoms with E-state index >= 15 is 0 Å². The van der Waals surface area contributed by atoms with Gasteiger partial charge in [0.15, 0.2) is 5.82 Å². The minimum atomic E-state index is -4.65. The molecule has 1 aromatic carbocycles. The molecule has 22 heavy (non-hydrogen) atoms. The van der Waals surface area contributed by atoms with E-state index in [-0.39, 0.29) is 29.7 Å². The quantitative estimate of drug-likeness (QED) is 0.849. The summed E-state index contributed by atoms with van der Waals surface area (Å²) >= 11 is 0. The predicted octanol–water partition coefficient (Wildman–Crippen LogP) is 3.65. The van der Waals surface area contributed by atoms with Crippen molar-refractivity contribution in [1.29, 1.82) is 0 Å². The molecule has 9 heteroatoms. The molecule has 0 unspecified atom stereocenters. The largest absolute Gasteiger partial charge is 0.416 e. The van der Waals surface area contributed by atoms with Crippen molar-refractivity contribution in [2.24, 2.45) is 5.73 Å². The number of hydrogen-bond acceptors (Lipinski definition) is 4. The number of benzene rings is 1. The molecule has 1 aliphatic rings. The van der Waals surface area contributed by atoms with Crippen molar-refractivity contribution in [2.75, 3.05) is 0 Å². The second kappa shape index (κ2) is 5.51. The van der Waals surface area contributed by atoms with Crippen LogP contribution in [0.2, 0.25) is 0 Å². The van der Waals surface area contributed by atoms with E-state index in [4.69, 9.17) is 10.3 Å². The van der Waals surface area contributed by atoms with Crippen LogP contribution in [0, 0.1) is 5.82 Å². The topological polar surface area (TPSA) is 64.9 Å². The van der Waals surface area contributed by atoms with Gasteiger partial charge in [-0.25, -0.2) is 4.39 Å². The van der Waals surface area contributed by atoms with Gasteiger partial charge in [0.05, 0.1) is 11.1 Å². The van der Waals surface area contributed by atoms with E-state index in [1.165, 1.54) is 0 Å². The van der Waals surface area contributed by atoms with Crippen LogP contribution in [0.4, 0.5) is 17.6 Å². The van der Waals surface area contributed by atoms with Crippen molar-refractivity contribution in [3.8, 4) is 11.5 Å². The fourth-order valence-electron chi connectivity index (χ4n) is 2.20. The van der Waals surface area contributed by atoms with E-state index in [2.05, 4.69) is 10.1 Å². The molecule has 0 aliphatic heterocycles. The number of nitrogens with zero attached hydrogens (tertiary/aromatic N) is 2. The van der Waals surface area contributed by atoms with Crippen molar-refractivity contribution in [3.63, 3.8) is 0 Å². The highest BCUT2D eigenvalue weighted by molar-refractivity contribution is 5.85. The molecule has 0 atom stereocenters. The lowest BCUT2D eigenvalue weighted by Crippen LogP contribution is -2.44. The van der Waals surface area contributed by atoms with Gasteiger partial charge in [0.1, 0.15) is 5.82 Å². The number of rotatable bonds is 2. The lowest BCUT2D eigenvalue weighted by atomic mass is 9.77. The summed E-state index contributed by atoms with van der Waals surface area (Å²) in [4.78, 5) is 4.00. The Bertz CT molecular complexity index is 682. The van der Waals surface area contributed by atoms with Gasteiger partial charge < -0.3 is 10.3 Å². The summed E-state index contributed by atoms with van der Waals surface area (Å²) < 4.78 is 56.3. The van der Waals surface area contributed by atoms with Crippen LogP contribution in [-0.4, -0.2) is 10.1 Å². The van der Waals surface area contributed by atoms with Crippen molar-refractivity contribution in [1.82, 2.24) is 10.1 Å². The lowest BCUT2D eigenvalue weighted by Gasteiger charge is -2.34. The van der Waals surface area contributed by atoms with Crippen LogP contribution < -0.4 is 5.73 Å². The Labute approximate surface area is 129 Å². The summed E-state index contributed by atoms with van der Waals surface area (Å²) in [5.41, 5.74) is 4.08. The molecule has 0 bridgehead atoms. The van der Waals surface area contributed by atoms with Gasteiger partial charge in [0, 0.05) is 5.56 Å². The van der Waals surface area contributed by atoms with Crippen LogP contribution in [0.15, 0.2) is 22.7 Å². The molecule has 1 heterocycles. The van der Waals surface area contributed by atoms with Crippen LogP contribution in [0.3, 0.4) is 0 Å². The molecule has 0 amide bonds. The summed E-state index contributed by atoms with van der Waals surface area (Å²) in [5.74, 6) is -0.959. The zero-order valence-corrected chi connectivity index (χ0v) is 12.0. The first-order valence-corrected chi connectivity index (χ1v) is 6.29. The normalized spacial score (nSPS) is 16.8. The van der Waals surface area contributed by atoms with Crippen LogP contribution in [0.5, 0.6) is 0 Å². The molecule has 4 nitrogen and oxygen atoms in total. The van der Waals surface area contributed by atoms with Crippen LogP contribution in [0.25, 0.3) is 11.5 Å². The SMILES string of the molecule is Cl.NC1(c2noc(-c3cc(F)cc(C(F)(F)F)c3)n2)CCC1. The Morgan fingerprint density at radius 2 is 1.86 bits per heavy atom. The first-order chi connectivity index (χ1) is 9.78. The van der Waals surface area contributed by atoms with Gasteiger partial charge in [-0.05, 0) is 37.5 Å². The lowest BCUT2D eigenvalue weighted by molar-refractivity contribution is -0.137. The zero-order chi connectivity index (χ0) is 15.3. The van der Waals surface area contributed by atoms with Crippen molar-refractivity contribution in [2.45, 2.75) is 31.0 Å². The fraction of sp³-hybridized carbons (Fsp3) is 0.385. The van der Waals surface area contributed by atoms with E-state index in [0.717, 1.165) is 18.6 Å². The Morgan fingerprint density at radius 3 is 2.41 bits per heavy atom. The second-order valence-electron chi connectivity index (χ2n) is 5.16. The van der Waals surface area contributed by atoms with Gasteiger partial charge in [-0.1, -0.05) is 5.16 Å². The molecule has 1 aromatic heterocycles. The predicted molar refractivity (Wildman–Crippen MR) is 71.7 cm³/mol. The molecule has 3 rings (SSSR count). The molecule has 2 aromatic rings. The molecule has 0 radical (unpaired) electrons. The molecule has 0 saturated heterocycles. The summed E-state index contributed by atoms with van der Waals surface area (Å²) in [6, 6.07) is 2.10. The summed E-state index contributed by atoms with van der Waals surface area (Å²) in [6.45, 7) is 0. The first-order valence-electron chi connectivity index (χ1n) is 6.29. The van der Waals surface area contributed by atoms with Crippen LogP contribution in [-0.2, 0) is 11.7 Å². The molecular weight excluding hydrogens is 326 g/mol. The number of aromatic nitrogens is 2. The average molecular weight is 338 g/mol. The minimum Gasteiger partial charge on any atom is -0.334 e. The molecule has 1 saturated carbocycles. The molecule has 1 fully saturated rings. The van der Waals surface area contributed by atoms with E-state index in [1.807, 2.05) is 0 Å². The monoisotopic (exact) mass is 337 g/mol. The van der Waals surface area contributed by atoms with E-state index in [9.17, 15) is 17.6 Å². The smallest absolute Gasteiger partial charge is 0.334 e. The third-order valence-electron chi connectivity index (χ3n) is 3.59. The third kappa shape index (κ3) is 2.93. The maximum absolute atomic E-state index is 13.3. The standard InChI is InChI=1S/C13H11F4N3O.ClH/c14-9-5-7(4-8(6-9)13(15,16)17)10-19-11(20-21-10)12(18)2-1-3-12;/h4-6H,1-3,18H2;1H. The molecular formula is C13H12ClF4N3O. The Balaban J connectivity index is 0.00000176. The van der Waals surface area contributed by atoms with E-state index in [0.29, 0.717) is 18.9 Å². The minimum absolute atomic E-state index is 0. The second-order valence-corrected chi connectivity index (χ2v) is 5.16. The number of alkyl halides is 3. The first kappa shape index (κ1) is 16.7. The Morgan fingerprint density at radius 1 is 1.18 bits per heavy atom. The van der Waals surface area contributed by atoms with Gasteiger partial charge in [-0.2, -0.15) is 18.2 Å². The number of nitrogens with two attached hydrogens (primary N) is 1. The van der Waals surface area contributed by atoms with Crippen molar-refractivity contribution in [3.05, 3.63) is 35.4 Å². The molecule has 0 spiro atoms. The number of halogens is 5. The van der Waals surface area contributed by atoms with E-state index < -0.39 is 23.1 Å². The van der Waals surface area contributed by atoms with Gasteiger partial charge in [-0.3, -0.25) is 0 Å². The number of hydrogen-bond donors (Lipinski definition) is 1. The average Bonchev–Trinajstić information content (AvgIpc) is 2.84. The van der Waals surface area contributed by atoms with Crippen LogP contribution in [0.1, 0.15) is 30.7 Å². The van der Waals surface area contributed by atoms with Crippen LogP contribution >= 0.6 is 12.4 Å². The molecule has 120 valence electrons. The maximum atomic E-state index is 13.3. The van der Waals surface area contributed by atoms with Gasteiger partial charge in [0.25, 0.3) is 5.89 Å². The van der Waals surface area contributed by atoms with Crippen molar-refractivity contribution < 1.29 is 22.1 Å². The summed E-state index contributed by atoms with van der Waals surface area (Å²) in [5, 5.41) is 3.69. The van der Waals surface area contributed by atoms with Crippen molar-refractivity contribution >= 4 is 12.4 Å².